The van der Waals surface area contributed by atoms with Crippen LogP contribution in [-0.2, 0) is 6.42 Å². The lowest BCUT2D eigenvalue weighted by molar-refractivity contribution is -0.0353. The minimum absolute atomic E-state index is 0.565. The Kier molecular flexibility index (Phi) is 3.59. The third-order valence-electron chi connectivity index (χ3n) is 4.71. The predicted octanol–water partition coefficient (Wildman–Crippen LogP) is 3.18. The molecule has 0 aliphatic carbocycles. The van der Waals surface area contributed by atoms with Crippen LogP contribution < -0.4 is 0 Å². The van der Waals surface area contributed by atoms with Gasteiger partial charge in [-0.1, -0.05) is 23.7 Å². The summed E-state index contributed by atoms with van der Waals surface area (Å²) in [5, 5.41) is 11.7. The summed E-state index contributed by atoms with van der Waals surface area (Å²) in [7, 11) is 0. The summed E-state index contributed by atoms with van der Waals surface area (Å²) in [6, 6.07) is 6.72. The van der Waals surface area contributed by atoms with Crippen LogP contribution in [0, 0.1) is 6.92 Å². The Hall–Kier alpha value is -0.570. The number of aryl methyl sites for hydroxylation is 1. The highest BCUT2D eigenvalue weighted by Crippen LogP contribution is 2.36. The second-order valence-electron chi connectivity index (χ2n) is 6.28. The highest BCUT2D eigenvalue weighted by molar-refractivity contribution is 6.31. The first-order chi connectivity index (χ1) is 9.06. The van der Waals surface area contributed by atoms with Crippen molar-refractivity contribution in [1.29, 1.82) is 0 Å². The highest BCUT2D eigenvalue weighted by Gasteiger charge is 2.40. The van der Waals surface area contributed by atoms with E-state index in [1.54, 1.807) is 0 Å². The molecule has 2 aliphatic rings. The number of halogens is 1. The van der Waals surface area contributed by atoms with E-state index in [1.165, 1.54) is 24.9 Å². The zero-order valence-corrected chi connectivity index (χ0v) is 12.3. The van der Waals surface area contributed by atoms with Gasteiger partial charge in [0.05, 0.1) is 5.60 Å². The minimum Gasteiger partial charge on any atom is -0.389 e. The fourth-order valence-corrected chi connectivity index (χ4v) is 3.93. The Balaban J connectivity index is 1.74. The van der Waals surface area contributed by atoms with Crippen molar-refractivity contribution < 1.29 is 5.11 Å². The van der Waals surface area contributed by atoms with Crippen LogP contribution in [-0.4, -0.2) is 34.7 Å². The van der Waals surface area contributed by atoms with Crippen molar-refractivity contribution in [2.75, 3.05) is 13.1 Å². The summed E-state index contributed by atoms with van der Waals surface area (Å²) in [4.78, 5) is 2.53. The van der Waals surface area contributed by atoms with Crippen molar-refractivity contribution >= 4 is 11.6 Å². The van der Waals surface area contributed by atoms with Crippen LogP contribution in [0.2, 0.25) is 5.02 Å². The van der Waals surface area contributed by atoms with E-state index in [4.69, 9.17) is 11.6 Å². The van der Waals surface area contributed by atoms with Gasteiger partial charge in [-0.05, 0) is 56.3 Å². The molecule has 0 aromatic heterocycles. The molecule has 2 unspecified atom stereocenters. The van der Waals surface area contributed by atoms with Gasteiger partial charge in [0, 0.05) is 24.0 Å². The van der Waals surface area contributed by atoms with Crippen molar-refractivity contribution in [2.24, 2.45) is 0 Å². The summed E-state index contributed by atoms with van der Waals surface area (Å²) in [5.41, 5.74) is 1.69. The van der Waals surface area contributed by atoms with Crippen molar-refractivity contribution in [3.63, 3.8) is 0 Å². The average Bonchev–Trinajstić information content (AvgIpc) is 2.79. The number of piperidine rings is 1. The Morgan fingerprint density at radius 3 is 3.05 bits per heavy atom. The van der Waals surface area contributed by atoms with Gasteiger partial charge in [0.25, 0.3) is 0 Å². The van der Waals surface area contributed by atoms with Gasteiger partial charge in [0.2, 0.25) is 0 Å². The number of hydrogen-bond acceptors (Lipinski definition) is 2. The van der Waals surface area contributed by atoms with E-state index < -0.39 is 5.60 Å². The number of aliphatic hydroxyl groups is 1. The maximum Gasteiger partial charge on any atom is 0.0715 e. The molecule has 19 heavy (non-hydrogen) atoms. The summed E-state index contributed by atoms with van der Waals surface area (Å²) in [6.07, 6.45) is 4.98. The van der Waals surface area contributed by atoms with E-state index in [9.17, 15) is 5.11 Å². The first kappa shape index (κ1) is 13.4. The number of fused-ring (bicyclic) bond motifs is 1. The van der Waals surface area contributed by atoms with Gasteiger partial charge in [-0.3, -0.25) is 0 Å². The molecule has 2 nitrogen and oxygen atoms in total. The maximum absolute atomic E-state index is 10.9. The standard InChI is InChI=1S/C16H22ClNO/c1-12-4-5-13(15(17)9-12)10-16(19)6-8-18-7-2-3-14(18)11-16/h4-5,9,14,19H,2-3,6-8,10-11H2,1H3. The molecule has 0 spiro atoms. The van der Waals surface area contributed by atoms with E-state index in [0.29, 0.717) is 12.5 Å². The van der Waals surface area contributed by atoms with Crippen molar-refractivity contribution in [3.8, 4) is 0 Å². The van der Waals surface area contributed by atoms with Crippen LogP contribution in [0.1, 0.15) is 36.8 Å². The summed E-state index contributed by atoms with van der Waals surface area (Å²) in [5.74, 6) is 0. The summed E-state index contributed by atoms with van der Waals surface area (Å²) < 4.78 is 0. The van der Waals surface area contributed by atoms with Crippen LogP contribution in [0.3, 0.4) is 0 Å². The molecule has 1 aromatic carbocycles. The van der Waals surface area contributed by atoms with Crippen LogP contribution in [0.4, 0.5) is 0 Å². The fraction of sp³-hybridized carbons (Fsp3) is 0.625. The zero-order chi connectivity index (χ0) is 13.5. The van der Waals surface area contributed by atoms with Crippen LogP contribution in [0.15, 0.2) is 18.2 Å². The van der Waals surface area contributed by atoms with Crippen LogP contribution >= 0.6 is 11.6 Å². The lowest BCUT2D eigenvalue weighted by Crippen LogP contribution is -2.48. The topological polar surface area (TPSA) is 23.5 Å². The van der Waals surface area contributed by atoms with Crippen molar-refractivity contribution in [3.05, 3.63) is 34.3 Å². The molecular formula is C16H22ClNO. The van der Waals surface area contributed by atoms with Gasteiger partial charge in [0.1, 0.15) is 0 Å². The van der Waals surface area contributed by atoms with Gasteiger partial charge < -0.3 is 10.0 Å². The van der Waals surface area contributed by atoms with Gasteiger partial charge in [-0.25, -0.2) is 0 Å². The van der Waals surface area contributed by atoms with E-state index in [0.717, 1.165) is 30.0 Å². The predicted molar refractivity (Wildman–Crippen MR) is 78.7 cm³/mol. The van der Waals surface area contributed by atoms with E-state index >= 15 is 0 Å². The molecule has 2 aliphatic heterocycles. The molecule has 2 heterocycles. The lowest BCUT2D eigenvalue weighted by atomic mass is 9.82. The maximum atomic E-state index is 10.9. The van der Waals surface area contributed by atoms with Gasteiger partial charge >= 0.3 is 0 Å². The largest absolute Gasteiger partial charge is 0.389 e. The second kappa shape index (κ2) is 5.08. The molecule has 2 atom stereocenters. The van der Waals surface area contributed by atoms with Crippen molar-refractivity contribution in [1.82, 2.24) is 4.90 Å². The molecule has 0 saturated carbocycles. The quantitative estimate of drug-likeness (QED) is 0.899. The monoisotopic (exact) mass is 279 g/mol. The molecule has 0 amide bonds. The highest BCUT2D eigenvalue weighted by atomic mass is 35.5. The third kappa shape index (κ3) is 2.81. The van der Waals surface area contributed by atoms with E-state index in [2.05, 4.69) is 17.0 Å². The fourth-order valence-electron chi connectivity index (χ4n) is 3.62. The first-order valence-electron chi connectivity index (χ1n) is 7.27. The third-order valence-corrected chi connectivity index (χ3v) is 5.06. The zero-order valence-electron chi connectivity index (χ0n) is 11.5. The van der Waals surface area contributed by atoms with E-state index in [-0.39, 0.29) is 0 Å². The Labute approximate surface area is 120 Å². The molecule has 0 bridgehead atoms. The average molecular weight is 280 g/mol. The molecule has 0 radical (unpaired) electrons. The molecule has 2 fully saturated rings. The molecule has 2 saturated heterocycles. The molecule has 3 rings (SSSR count). The molecule has 1 N–H and O–H groups in total. The Bertz CT molecular complexity index is 476. The molecular weight excluding hydrogens is 258 g/mol. The Morgan fingerprint density at radius 2 is 2.26 bits per heavy atom. The van der Waals surface area contributed by atoms with Crippen LogP contribution in [0.5, 0.6) is 0 Å². The lowest BCUT2D eigenvalue weighted by Gasteiger charge is -2.41. The summed E-state index contributed by atoms with van der Waals surface area (Å²) >= 11 is 6.30. The van der Waals surface area contributed by atoms with E-state index in [1.807, 2.05) is 13.0 Å². The number of hydrogen-bond donors (Lipinski definition) is 1. The van der Waals surface area contributed by atoms with Gasteiger partial charge in [-0.2, -0.15) is 0 Å². The second-order valence-corrected chi connectivity index (χ2v) is 6.69. The number of nitrogens with zero attached hydrogens (tertiary/aromatic N) is 1. The van der Waals surface area contributed by atoms with Crippen molar-refractivity contribution in [2.45, 2.75) is 50.7 Å². The smallest absolute Gasteiger partial charge is 0.0715 e. The molecule has 3 heteroatoms. The Morgan fingerprint density at radius 1 is 1.42 bits per heavy atom. The molecule has 104 valence electrons. The van der Waals surface area contributed by atoms with Gasteiger partial charge in [-0.15, -0.1) is 0 Å². The van der Waals surface area contributed by atoms with Crippen LogP contribution in [0.25, 0.3) is 0 Å². The van der Waals surface area contributed by atoms with Gasteiger partial charge in [0.15, 0.2) is 0 Å². The normalized spacial score (nSPS) is 31.4. The number of rotatable bonds is 2. The minimum atomic E-state index is -0.565. The SMILES string of the molecule is Cc1ccc(CC2(O)CCN3CCCC3C2)c(Cl)c1. The molecule has 1 aromatic rings. The number of benzene rings is 1. The summed E-state index contributed by atoms with van der Waals surface area (Å²) in [6.45, 7) is 4.29. The first-order valence-corrected chi connectivity index (χ1v) is 7.65.